The Morgan fingerprint density at radius 3 is 2.00 bits per heavy atom. The van der Waals surface area contributed by atoms with Gasteiger partial charge in [-0.25, -0.2) is 0 Å². The number of fused-ring (bicyclic) bond motifs is 1. The van der Waals surface area contributed by atoms with E-state index in [0.29, 0.717) is 17.7 Å². The van der Waals surface area contributed by atoms with Crippen molar-refractivity contribution in [2.45, 2.75) is 96.4 Å². The zero-order chi connectivity index (χ0) is 29.2. The molecule has 39 heavy (non-hydrogen) atoms. The third kappa shape index (κ3) is 7.38. The summed E-state index contributed by atoms with van der Waals surface area (Å²) in [6, 6.07) is 11.5. The molecule has 1 heterocycles. The first kappa shape index (κ1) is 31.1. The van der Waals surface area contributed by atoms with E-state index in [-0.39, 0.29) is 40.5 Å². The maximum atomic E-state index is 13.2. The lowest BCUT2D eigenvalue weighted by Crippen LogP contribution is -2.62. The van der Waals surface area contributed by atoms with Crippen LogP contribution >= 0.6 is 0 Å². The van der Waals surface area contributed by atoms with Gasteiger partial charge in [0, 0.05) is 46.4 Å². The van der Waals surface area contributed by atoms with Crippen molar-refractivity contribution in [1.82, 2.24) is 25.8 Å². The summed E-state index contributed by atoms with van der Waals surface area (Å²) in [4.78, 5) is 31.1. The van der Waals surface area contributed by atoms with Crippen LogP contribution < -0.4 is 16.0 Å². The van der Waals surface area contributed by atoms with Crippen molar-refractivity contribution in [2.75, 3.05) is 34.2 Å². The number of likely N-dealkylation sites (tertiary alicyclic amines) is 1. The van der Waals surface area contributed by atoms with Crippen molar-refractivity contribution in [3.05, 3.63) is 47.5 Å². The van der Waals surface area contributed by atoms with Crippen LogP contribution in [-0.4, -0.2) is 84.5 Å². The first-order chi connectivity index (χ1) is 18.1. The number of benzene rings is 2. The van der Waals surface area contributed by atoms with Crippen LogP contribution in [0.4, 0.5) is 0 Å². The van der Waals surface area contributed by atoms with Crippen molar-refractivity contribution < 1.29 is 9.59 Å². The average Bonchev–Trinajstić information content (AvgIpc) is 2.85. The maximum absolute atomic E-state index is 13.2. The van der Waals surface area contributed by atoms with Gasteiger partial charge in [0.05, 0.1) is 0 Å². The Labute approximate surface area is 236 Å². The molecule has 1 saturated heterocycles. The van der Waals surface area contributed by atoms with Crippen LogP contribution in [0.3, 0.4) is 0 Å². The highest BCUT2D eigenvalue weighted by molar-refractivity contribution is 6.02. The van der Waals surface area contributed by atoms with Crippen LogP contribution in [0.25, 0.3) is 10.8 Å². The lowest BCUT2D eigenvalue weighted by molar-refractivity contribution is -0.0169. The van der Waals surface area contributed by atoms with Gasteiger partial charge in [0.2, 0.25) is 0 Å². The first-order valence-corrected chi connectivity index (χ1v) is 14.3. The predicted octanol–water partition coefficient (Wildman–Crippen LogP) is 4.66. The number of carbonyl (C=O) groups excluding carboxylic acids is 2. The molecular formula is C32H51N5O2. The molecule has 1 atom stereocenters. The number of carbonyl (C=O) groups is 2. The molecule has 0 aromatic heterocycles. The smallest absolute Gasteiger partial charge is 0.251 e. The van der Waals surface area contributed by atoms with Gasteiger partial charge >= 0.3 is 0 Å². The Morgan fingerprint density at radius 2 is 1.51 bits per heavy atom. The summed E-state index contributed by atoms with van der Waals surface area (Å²) in [5.41, 5.74) is 1.24. The minimum Gasteiger partial charge on any atom is -0.349 e. The average molecular weight is 538 g/mol. The molecule has 2 amide bonds. The van der Waals surface area contributed by atoms with Crippen LogP contribution in [0.2, 0.25) is 0 Å². The van der Waals surface area contributed by atoms with Gasteiger partial charge in [-0.15, -0.1) is 0 Å². The topological polar surface area (TPSA) is 76.7 Å². The van der Waals surface area contributed by atoms with Crippen molar-refractivity contribution in [3.8, 4) is 0 Å². The van der Waals surface area contributed by atoms with E-state index in [1.807, 2.05) is 43.4 Å². The van der Waals surface area contributed by atoms with E-state index in [9.17, 15) is 9.59 Å². The number of hydrogen-bond donors (Lipinski definition) is 3. The van der Waals surface area contributed by atoms with E-state index in [1.165, 1.54) is 0 Å². The molecule has 1 fully saturated rings. The molecular weight excluding hydrogens is 486 g/mol. The highest BCUT2D eigenvalue weighted by Gasteiger charge is 2.43. The van der Waals surface area contributed by atoms with E-state index in [2.05, 4.69) is 88.3 Å². The molecule has 0 radical (unpaired) electrons. The van der Waals surface area contributed by atoms with Gasteiger partial charge in [0.25, 0.3) is 11.8 Å². The molecule has 2 aromatic carbocycles. The summed E-state index contributed by atoms with van der Waals surface area (Å²) in [6.45, 7) is 17.2. The van der Waals surface area contributed by atoms with Crippen molar-refractivity contribution >= 4 is 22.6 Å². The molecule has 7 nitrogen and oxygen atoms in total. The summed E-state index contributed by atoms with van der Waals surface area (Å²) in [5.74, 6) is -0.129. The highest BCUT2D eigenvalue weighted by atomic mass is 16.2. The van der Waals surface area contributed by atoms with Crippen LogP contribution in [-0.2, 0) is 0 Å². The van der Waals surface area contributed by atoms with Crippen LogP contribution in [0.1, 0.15) is 88.4 Å². The van der Waals surface area contributed by atoms with Gasteiger partial charge < -0.3 is 20.9 Å². The number of rotatable bonds is 10. The number of piperidine rings is 1. The molecule has 1 unspecified atom stereocenters. The highest BCUT2D eigenvalue weighted by Crippen LogP contribution is 2.37. The van der Waals surface area contributed by atoms with Crippen LogP contribution in [0.5, 0.6) is 0 Å². The Kier molecular flexibility index (Phi) is 9.51. The molecule has 0 saturated carbocycles. The molecule has 1 aliphatic heterocycles. The summed E-state index contributed by atoms with van der Waals surface area (Å²) >= 11 is 0. The van der Waals surface area contributed by atoms with Gasteiger partial charge in [0.15, 0.2) is 0 Å². The second kappa shape index (κ2) is 11.9. The van der Waals surface area contributed by atoms with Crippen LogP contribution in [0.15, 0.2) is 36.4 Å². The van der Waals surface area contributed by atoms with Gasteiger partial charge in [-0.2, -0.15) is 0 Å². The Hall–Kier alpha value is -2.48. The van der Waals surface area contributed by atoms with Gasteiger partial charge in [0.1, 0.15) is 0 Å². The zero-order valence-electron chi connectivity index (χ0n) is 25.9. The van der Waals surface area contributed by atoms with Gasteiger partial charge in [-0.1, -0.05) is 19.1 Å². The molecule has 3 N–H and O–H groups in total. The standard InChI is InChI=1S/C32H51N5O2/c1-11-36(9)30(2,3)20-27(21-33-8)35-29(39)25-15-13-22-16-24(14-12-23(22)17-25)28(38)34-26-18-31(4,5)37(10)32(6,7)19-26/h12-17,26-27,33H,11,18-21H2,1-10H3,(H,34,38)(H,35,39). The predicted molar refractivity (Wildman–Crippen MR) is 163 cm³/mol. The minimum absolute atomic E-state index is 0.00259. The molecule has 216 valence electrons. The van der Waals surface area contributed by atoms with Gasteiger partial charge in [-0.3, -0.25) is 14.5 Å². The Bertz CT molecular complexity index is 1150. The minimum atomic E-state index is -0.0820. The third-order valence-electron chi connectivity index (χ3n) is 9.05. The summed E-state index contributed by atoms with van der Waals surface area (Å²) in [6.07, 6.45) is 2.65. The molecule has 2 aromatic rings. The molecule has 7 heteroatoms. The molecule has 0 spiro atoms. The van der Waals surface area contributed by atoms with E-state index >= 15 is 0 Å². The monoisotopic (exact) mass is 537 g/mol. The van der Waals surface area contributed by atoms with E-state index in [1.54, 1.807) is 0 Å². The molecule has 1 aliphatic rings. The maximum Gasteiger partial charge on any atom is 0.251 e. The zero-order valence-corrected chi connectivity index (χ0v) is 25.9. The van der Waals surface area contributed by atoms with E-state index in [4.69, 9.17) is 0 Å². The van der Waals surface area contributed by atoms with Crippen molar-refractivity contribution in [3.63, 3.8) is 0 Å². The molecule has 3 rings (SSSR count). The quantitative estimate of drug-likeness (QED) is 0.411. The summed E-state index contributed by atoms with van der Waals surface area (Å²) < 4.78 is 0. The van der Waals surface area contributed by atoms with E-state index in [0.717, 1.165) is 36.6 Å². The number of hydrogen-bond acceptors (Lipinski definition) is 5. The first-order valence-electron chi connectivity index (χ1n) is 14.3. The fraction of sp³-hybridized carbons (Fsp3) is 0.625. The second-order valence-electron chi connectivity index (χ2n) is 13.3. The fourth-order valence-electron chi connectivity index (χ4n) is 6.15. The van der Waals surface area contributed by atoms with E-state index < -0.39 is 0 Å². The summed E-state index contributed by atoms with van der Waals surface area (Å²) in [7, 11) is 6.20. The number of nitrogens with zero attached hydrogens (tertiary/aromatic N) is 2. The van der Waals surface area contributed by atoms with Crippen molar-refractivity contribution in [2.24, 2.45) is 0 Å². The SMILES string of the molecule is CCN(C)C(C)(C)CC(CNC)NC(=O)c1ccc2cc(C(=O)NC3CC(C)(C)N(C)C(C)(C)C3)ccc2c1. The number of amides is 2. The van der Waals surface area contributed by atoms with Crippen molar-refractivity contribution in [1.29, 1.82) is 0 Å². The second-order valence-corrected chi connectivity index (χ2v) is 13.3. The molecule has 0 aliphatic carbocycles. The summed E-state index contributed by atoms with van der Waals surface area (Å²) in [5, 5.41) is 11.6. The lowest BCUT2D eigenvalue weighted by atomic mass is 9.77. The fourth-order valence-corrected chi connectivity index (χ4v) is 6.15. The largest absolute Gasteiger partial charge is 0.349 e. The third-order valence-corrected chi connectivity index (χ3v) is 9.05. The number of nitrogens with one attached hydrogen (secondary N) is 3. The Morgan fingerprint density at radius 1 is 1.00 bits per heavy atom. The normalized spacial score (nSPS) is 18.7. The van der Waals surface area contributed by atoms with Gasteiger partial charge in [-0.05, 0) is 124 Å². The Balaban J connectivity index is 1.71. The molecule has 0 bridgehead atoms. The lowest BCUT2D eigenvalue weighted by Gasteiger charge is -2.53. The van der Waals surface area contributed by atoms with Crippen LogP contribution in [0, 0.1) is 0 Å². The number of likely N-dealkylation sites (N-methyl/N-ethyl adjacent to an activating group) is 1.